The molecule has 0 aliphatic carbocycles. The minimum absolute atomic E-state index is 0.301. The molecule has 0 aliphatic heterocycles. The minimum Gasteiger partial charge on any atom is -0.341 e. The molecule has 2 aromatic heterocycles. The molecule has 0 radical (unpaired) electrons. The lowest BCUT2D eigenvalue weighted by atomic mass is 9.98. The van der Waals surface area contributed by atoms with Gasteiger partial charge in [0, 0.05) is 18.5 Å². The SMILES string of the molecule is Cc1cc(NC(=O)C(=O)NC(C)c2cccc(C)c2C)n(-c2ncccn2)n1. The fourth-order valence-corrected chi connectivity index (χ4v) is 2.90. The van der Waals surface area contributed by atoms with E-state index in [2.05, 4.69) is 25.7 Å². The Balaban J connectivity index is 1.73. The molecule has 0 saturated heterocycles. The maximum atomic E-state index is 12.4. The van der Waals surface area contributed by atoms with Gasteiger partial charge >= 0.3 is 11.8 Å². The van der Waals surface area contributed by atoms with Crippen LogP contribution in [0.1, 0.15) is 35.3 Å². The first-order valence-corrected chi connectivity index (χ1v) is 8.89. The molecule has 3 rings (SSSR count). The summed E-state index contributed by atoms with van der Waals surface area (Å²) in [6.07, 6.45) is 3.15. The molecule has 0 spiro atoms. The largest absolute Gasteiger partial charge is 0.341 e. The monoisotopic (exact) mass is 378 g/mol. The van der Waals surface area contributed by atoms with Gasteiger partial charge in [0.1, 0.15) is 5.82 Å². The molecule has 8 nitrogen and oxygen atoms in total. The molecule has 3 aromatic rings. The van der Waals surface area contributed by atoms with Crippen molar-refractivity contribution in [3.63, 3.8) is 0 Å². The number of anilines is 1. The van der Waals surface area contributed by atoms with E-state index in [1.165, 1.54) is 4.68 Å². The standard InChI is InChI=1S/C20H22N6O2/c1-12-7-5-8-16(14(12)3)15(4)23-18(27)19(28)24-17-11-13(2)25-26(17)20-21-9-6-10-22-20/h5-11,15H,1-4H3,(H,23,27)(H,24,28). The molecule has 1 unspecified atom stereocenters. The van der Waals surface area contributed by atoms with Crippen LogP contribution in [0.2, 0.25) is 0 Å². The Morgan fingerprint density at radius 2 is 1.75 bits per heavy atom. The number of nitrogens with zero attached hydrogens (tertiary/aromatic N) is 4. The maximum Gasteiger partial charge on any atom is 0.314 e. The summed E-state index contributed by atoms with van der Waals surface area (Å²) in [7, 11) is 0. The number of amides is 2. The summed E-state index contributed by atoms with van der Waals surface area (Å²) in [5.41, 5.74) is 3.85. The van der Waals surface area contributed by atoms with E-state index in [9.17, 15) is 9.59 Å². The van der Waals surface area contributed by atoms with Crippen LogP contribution in [-0.4, -0.2) is 31.6 Å². The van der Waals surface area contributed by atoms with Crippen molar-refractivity contribution in [2.45, 2.75) is 33.7 Å². The predicted molar refractivity (Wildman–Crippen MR) is 105 cm³/mol. The van der Waals surface area contributed by atoms with Gasteiger partial charge in [-0.3, -0.25) is 9.59 Å². The average Bonchev–Trinajstić information content (AvgIpc) is 3.04. The van der Waals surface area contributed by atoms with Crippen LogP contribution < -0.4 is 10.6 Å². The third kappa shape index (κ3) is 4.06. The molecule has 8 heteroatoms. The van der Waals surface area contributed by atoms with Gasteiger partial charge in [-0.1, -0.05) is 18.2 Å². The van der Waals surface area contributed by atoms with Crippen LogP contribution in [0.15, 0.2) is 42.7 Å². The van der Waals surface area contributed by atoms with Crippen LogP contribution >= 0.6 is 0 Å². The molecule has 0 aliphatic rings. The van der Waals surface area contributed by atoms with Gasteiger partial charge in [-0.25, -0.2) is 9.97 Å². The zero-order valence-corrected chi connectivity index (χ0v) is 16.2. The highest BCUT2D eigenvalue weighted by Gasteiger charge is 2.21. The molecule has 1 aromatic carbocycles. The molecular formula is C20H22N6O2. The fourth-order valence-electron chi connectivity index (χ4n) is 2.90. The van der Waals surface area contributed by atoms with E-state index in [0.29, 0.717) is 17.5 Å². The van der Waals surface area contributed by atoms with Crippen LogP contribution in [0.3, 0.4) is 0 Å². The summed E-state index contributed by atoms with van der Waals surface area (Å²) in [6.45, 7) is 7.63. The smallest absolute Gasteiger partial charge is 0.314 e. The van der Waals surface area contributed by atoms with Gasteiger partial charge in [0.15, 0.2) is 0 Å². The molecule has 1 atom stereocenters. The van der Waals surface area contributed by atoms with Gasteiger partial charge < -0.3 is 10.6 Å². The number of hydrogen-bond acceptors (Lipinski definition) is 5. The van der Waals surface area contributed by atoms with Crippen LogP contribution in [-0.2, 0) is 9.59 Å². The van der Waals surface area contributed by atoms with Crippen molar-refractivity contribution in [2.24, 2.45) is 0 Å². The molecule has 28 heavy (non-hydrogen) atoms. The van der Waals surface area contributed by atoms with Crippen LogP contribution in [0.25, 0.3) is 5.95 Å². The Bertz CT molecular complexity index is 1010. The van der Waals surface area contributed by atoms with Gasteiger partial charge in [0.25, 0.3) is 5.95 Å². The van der Waals surface area contributed by atoms with E-state index in [-0.39, 0.29) is 6.04 Å². The first-order chi connectivity index (χ1) is 13.4. The zero-order valence-electron chi connectivity index (χ0n) is 16.2. The summed E-state index contributed by atoms with van der Waals surface area (Å²) in [5, 5.41) is 9.59. The lowest BCUT2D eigenvalue weighted by Gasteiger charge is -2.17. The van der Waals surface area contributed by atoms with Gasteiger partial charge in [-0.2, -0.15) is 9.78 Å². The van der Waals surface area contributed by atoms with Gasteiger partial charge in [-0.05, 0) is 50.5 Å². The molecule has 2 amide bonds. The second-order valence-electron chi connectivity index (χ2n) is 6.57. The van der Waals surface area contributed by atoms with Crippen molar-refractivity contribution in [3.05, 3.63) is 65.1 Å². The van der Waals surface area contributed by atoms with Crippen LogP contribution in [0, 0.1) is 20.8 Å². The third-order valence-corrected chi connectivity index (χ3v) is 4.48. The van der Waals surface area contributed by atoms with Crippen LogP contribution in [0.4, 0.5) is 5.82 Å². The summed E-state index contributed by atoms with van der Waals surface area (Å²) in [4.78, 5) is 33.1. The quantitative estimate of drug-likeness (QED) is 0.679. The first kappa shape index (κ1) is 19.2. The van der Waals surface area contributed by atoms with E-state index < -0.39 is 11.8 Å². The number of carbonyl (C=O) groups excluding carboxylic acids is 2. The first-order valence-electron chi connectivity index (χ1n) is 8.89. The Morgan fingerprint density at radius 3 is 2.46 bits per heavy atom. The Labute approximate surface area is 163 Å². The Kier molecular flexibility index (Phi) is 5.49. The number of rotatable bonds is 4. The summed E-state index contributed by atoms with van der Waals surface area (Å²) in [6, 6.07) is 8.91. The molecule has 144 valence electrons. The van der Waals surface area contributed by atoms with Gasteiger partial charge in [0.05, 0.1) is 11.7 Å². The Hall–Kier alpha value is -3.55. The van der Waals surface area contributed by atoms with E-state index in [1.54, 1.807) is 31.5 Å². The van der Waals surface area contributed by atoms with E-state index in [0.717, 1.165) is 16.7 Å². The maximum absolute atomic E-state index is 12.4. The van der Waals surface area contributed by atoms with Crippen molar-refractivity contribution >= 4 is 17.6 Å². The van der Waals surface area contributed by atoms with Crippen molar-refractivity contribution in [1.29, 1.82) is 0 Å². The molecule has 0 saturated carbocycles. The van der Waals surface area contributed by atoms with Crippen molar-refractivity contribution in [2.75, 3.05) is 5.32 Å². The van der Waals surface area contributed by atoms with Gasteiger partial charge in [-0.15, -0.1) is 0 Å². The lowest BCUT2D eigenvalue weighted by molar-refractivity contribution is -0.136. The average molecular weight is 378 g/mol. The van der Waals surface area contributed by atoms with Gasteiger partial charge in [0.2, 0.25) is 0 Å². The predicted octanol–water partition coefficient (Wildman–Crippen LogP) is 2.40. The van der Waals surface area contributed by atoms with Crippen molar-refractivity contribution < 1.29 is 9.59 Å². The zero-order chi connectivity index (χ0) is 20.3. The number of nitrogens with one attached hydrogen (secondary N) is 2. The second-order valence-corrected chi connectivity index (χ2v) is 6.57. The fraction of sp³-hybridized carbons (Fsp3) is 0.250. The van der Waals surface area contributed by atoms with E-state index >= 15 is 0 Å². The molecule has 0 bridgehead atoms. The lowest BCUT2D eigenvalue weighted by Crippen LogP contribution is -2.37. The normalized spacial score (nSPS) is 11.7. The van der Waals surface area contributed by atoms with Crippen molar-refractivity contribution in [1.82, 2.24) is 25.1 Å². The topological polar surface area (TPSA) is 102 Å². The molecular weight excluding hydrogens is 356 g/mol. The summed E-state index contributed by atoms with van der Waals surface area (Å²) >= 11 is 0. The van der Waals surface area contributed by atoms with Crippen molar-refractivity contribution in [3.8, 4) is 5.95 Å². The summed E-state index contributed by atoms with van der Waals surface area (Å²) in [5.74, 6) is -0.889. The third-order valence-electron chi connectivity index (χ3n) is 4.48. The number of benzene rings is 1. The minimum atomic E-state index is -0.783. The molecule has 2 heterocycles. The number of aryl methyl sites for hydroxylation is 2. The molecule has 2 N–H and O–H groups in total. The highest BCUT2D eigenvalue weighted by molar-refractivity contribution is 6.39. The van der Waals surface area contributed by atoms with E-state index in [4.69, 9.17) is 0 Å². The molecule has 0 fully saturated rings. The van der Waals surface area contributed by atoms with Crippen LogP contribution in [0.5, 0.6) is 0 Å². The number of carbonyl (C=O) groups is 2. The second kappa shape index (κ2) is 7.99. The number of aromatic nitrogens is 4. The van der Waals surface area contributed by atoms with E-state index in [1.807, 2.05) is 39.0 Å². The highest BCUT2D eigenvalue weighted by Crippen LogP contribution is 2.20. The Morgan fingerprint density at radius 1 is 1.04 bits per heavy atom. The number of hydrogen-bond donors (Lipinski definition) is 2. The highest BCUT2D eigenvalue weighted by atomic mass is 16.2. The summed E-state index contributed by atoms with van der Waals surface area (Å²) < 4.78 is 1.38.